The van der Waals surface area contributed by atoms with Gasteiger partial charge in [-0.2, -0.15) is 0 Å². The second-order valence-electron chi connectivity index (χ2n) is 6.01. The Morgan fingerprint density at radius 1 is 1.10 bits per heavy atom. The van der Waals surface area contributed by atoms with Crippen LogP contribution in [-0.4, -0.2) is 13.7 Å². The summed E-state index contributed by atoms with van der Waals surface area (Å²) in [6.45, 7) is 5.15. The Balaban J connectivity index is 1.84. The van der Waals surface area contributed by atoms with Crippen LogP contribution < -0.4 is 10.1 Å². The molecule has 2 heteroatoms. The van der Waals surface area contributed by atoms with Crippen molar-refractivity contribution in [2.45, 2.75) is 32.7 Å². The molecule has 0 saturated carbocycles. The van der Waals surface area contributed by atoms with Crippen LogP contribution in [0.25, 0.3) is 0 Å². The van der Waals surface area contributed by atoms with Crippen LogP contribution in [0, 0.1) is 13.8 Å². The van der Waals surface area contributed by atoms with Gasteiger partial charge in [-0.25, -0.2) is 0 Å². The summed E-state index contributed by atoms with van der Waals surface area (Å²) in [5.41, 5.74) is 6.75. The topological polar surface area (TPSA) is 21.3 Å². The van der Waals surface area contributed by atoms with Crippen molar-refractivity contribution in [2.24, 2.45) is 0 Å². The number of hydrogen-bond donors (Lipinski definition) is 1. The van der Waals surface area contributed by atoms with Crippen LogP contribution >= 0.6 is 0 Å². The van der Waals surface area contributed by atoms with Gasteiger partial charge in [-0.3, -0.25) is 0 Å². The van der Waals surface area contributed by atoms with Crippen molar-refractivity contribution >= 4 is 0 Å². The summed E-state index contributed by atoms with van der Waals surface area (Å²) >= 11 is 0. The van der Waals surface area contributed by atoms with E-state index in [0.717, 1.165) is 25.2 Å². The zero-order valence-corrected chi connectivity index (χ0v) is 13.1. The molecule has 0 bridgehead atoms. The molecule has 21 heavy (non-hydrogen) atoms. The lowest BCUT2D eigenvalue weighted by Crippen LogP contribution is -2.19. The molecule has 1 unspecified atom stereocenters. The van der Waals surface area contributed by atoms with Gasteiger partial charge in [-0.1, -0.05) is 41.5 Å². The molecule has 1 heterocycles. The van der Waals surface area contributed by atoms with Crippen molar-refractivity contribution in [3.05, 3.63) is 64.2 Å². The fourth-order valence-corrected chi connectivity index (χ4v) is 3.23. The molecule has 1 N–H and O–H groups in total. The Labute approximate surface area is 127 Å². The zero-order chi connectivity index (χ0) is 14.8. The average molecular weight is 281 g/mol. The molecule has 3 rings (SSSR count). The minimum absolute atomic E-state index is 0.345. The highest BCUT2D eigenvalue weighted by Crippen LogP contribution is 2.29. The van der Waals surface area contributed by atoms with Crippen LogP contribution in [0.5, 0.6) is 5.75 Å². The molecule has 0 aromatic heterocycles. The molecule has 2 aromatic carbocycles. The van der Waals surface area contributed by atoms with E-state index in [1.165, 1.54) is 27.8 Å². The molecule has 1 aliphatic heterocycles. The number of rotatable bonds is 4. The second-order valence-corrected chi connectivity index (χ2v) is 6.01. The quantitative estimate of drug-likeness (QED) is 0.921. The number of likely N-dealkylation sites (N-methyl/N-ethyl adjacent to an activating group) is 1. The molecule has 1 aliphatic rings. The lowest BCUT2D eigenvalue weighted by atomic mass is 9.95. The maximum Gasteiger partial charge on any atom is 0.122 e. The molecule has 0 fully saturated rings. The normalized spacial score (nSPS) is 14.6. The number of nitrogens with one attached hydrogen (secondary N) is 1. The van der Waals surface area contributed by atoms with Crippen molar-refractivity contribution in [3.8, 4) is 5.75 Å². The van der Waals surface area contributed by atoms with Gasteiger partial charge in [-0.05, 0) is 50.1 Å². The number of benzene rings is 2. The van der Waals surface area contributed by atoms with Gasteiger partial charge in [0.1, 0.15) is 5.75 Å². The van der Waals surface area contributed by atoms with Gasteiger partial charge >= 0.3 is 0 Å². The first kappa shape index (κ1) is 14.2. The Morgan fingerprint density at radius 3 is 2.57 bits per heavy atom. The third-order valence-corrected chi connectivity index (χ3v) is 4.19. The fourth-order valence-electron chi connectivity index (χ4n) is 3.23. The predicted octanol–water partition coefficient (Wildman–Crippen LogP) is 3.74. The maximum absolute atomic E-state index is 5.60. The summed E-state index contributed by atoms with van der Waals surface area (Å²) in [6.07, 6.45) is 2.04. The van der Waals surface area contributed by atoms with Gasteiger partial charge in [-0.15, -0.1) is 0 Å². The van der Waals surface area contributed by atoms with Crippen LogP contribution in [0.4, 0.5) is 0 Å². The van der Waals surface area contributed by atoms with Crippen LogP contribution in [0.3, 0.4) is 0 Å². The van der Waals surface area contributed by atoms with E-state index < -0.39 is 0 Å². The van der Waals surface area contributed by atoms with Gasteiger partial charge in [0.2, 0.25) is 0 Å². The Hall–Kier alpha value is -1.80. The van der Waals surface area contributed by atoms with E-state index in [1.54, 1.807) is 0 Å². The zero-order valence-electron chi connectivity index (χ0n) is 13.1. The van der Waals surface area contributed by atoms with E-state index in [0.29, 0.717) is 6.04 Å². The standard InChI is InChI=1S/C19H23NO/c1-13-8-14(2)10-15(9-13)11-18(20-3)16-4-5-19-17(12-16)6-7-21-19/h4-5,8-10,12,18,20H,6-7,11H2,1-3H3. The molecule has 110 valence electrons. The van der Waals surface area contributed by atoms with Gasteiger partial charge in [0.05, 0.1) is 6.61 Å². The van der Waals surface area contributed by atoms with E-state index in [4.69, 9.17) is 4.74 Å². The number of fused-ring (bicyclic) bond motifs is 1. The SMILES string of the molecule is CNC(Cc1cc(C)cc(C)c1)c1ccc2c(c1)CCO2. The van der Waals surface area contributed by atoms with Crippen molar-refractivity contribution in [1.82, 2.24) is 5.32 Å². The van der Waals surface area contributed by atoms with Crippen molar-refractivity contribution in [2.75, 3.05) is 13.7 Å². The van der Waals surface area contributed by atoms with Crippen LogP contribution in [0.1, 0.15) is 33.9 Å². The van der Waals surface area contributed by atoms with E-state index in [9.17, 15) is 0 Å². The molecule has 0 amide bonds. The lowest BCUT2D eigenvalue weighted by Gasteiger charge is -2.18. The summed E-state index contributed by atoms with van der Waals surface area (Å²) in [7, 11) is 2.04. The van der Waals surface area contributed by atoms with Gasteiger partial charge < -0.3 is 10.1 Å². The number of aryl methyl sites for hydroxylation is 2. The second kappa shape index (κ2) is 5.90. The van der Waals surface area contributed by atoms with Crippen LogP contribution in [0.2, 0.25) is 0 Å². The Kier molecular flexibility index (Phi) is 3.98. The van der Waals surface area contributed by atoms with Crippen LogP contribution in [-0.2, 0) is 12.8 Å². The first-order valence-electron chi connectivity index (χ1n) is 7.66. The molecule has 0 saturated heterocycles. The average Bonchev–Trinajstić information content (AvgIpc) is 2.91. The molecule has 2 nitrogen and oxygen atoms in total. The first-order valence-corrected chi connectivity index (χ1v) is 7.66. The lowest BCUT2D eigenvalue weighted by molar-refractivity contribution is 0.356. The Morgan fingerprint density at radius 2 is 1.86 bits per heavy atom. The minimum Gasteiger partial charge on any atom is -0.493 e. The highest BCUT2D eigenvalue weighted by molar-refractivity contribution is 5.41. The molecule has 1 atom stereocenters. The molecule has 0 aliphatic carbocycles. The fraction of sp³-hybridized carbons (Fsp3) is 0.368. The summed E-state index contributed by atoms with van der Waals surface area (Å²) in [4.78, 5) is 0. The molecular weight excluding hydrogens is 258 g/mol. The first-order chi connectivity index (χ1) is 10.2. The third-order valence-electron chi connectivity index (χ3n) is 4.19. The minimum atomic E-state index is 0.345. The van der Waals surface area contributed by atoms with Crippen LogP contribution in [0.15, 0.2) is 36.4 Å². The van der Waals surface area contributed by atoms with Gasteiger partial charge in [0, 0.05) is 12.5 Å². The Bertz CT molecular complexity index is 628. The monoisotopic (exact) mass is 281 g/mol. The summed E-state index contributed by atoms with van der Waals surface area (Å²) in [6, 6.07) is 13.7. The maximum atomic E-state index is 5.60. The van der Waals surface area contributed by atoms with E-state index in [2.05, 4.69) is 55.6 Å². The number of ether oxygens (including phenoxy) is 1. The highest BCUT2D eigenvalue weighted by Gasteiger charge is 2.16. The van der Waals surface area contributed by atoms with Crippen molar-refractivity contribution in [3.63, 3.8) is 0 Å². The van der Waals surface area contributed by atoms with E-state index in [-0.39, 0.29) is 0 Å². The van der Waals surface area contributed by atoms with Crippen molar-refractivity contribution < 1.29 is 4.74 Å². The smallest absolute Gasteiger partial charge is 0.122 e. The highest BCUT2D eigenvalue weighted by atomic mass is 16.5. The molecule has 0 radical (unpaired) electrons. The summed E-state index contributed by atoms with van der Waals surface area (Å²) < 4.78 is 5.60. The van der Waals surface area contributed by atoms with E-state index in [1.807, 2.05) is 7.05 Å². The third kappa shape index (κ3) is 3.11. The van der Waals surface area contributed by atoms with Crippen molar-refractivity contribution in [1.29, 1.82) is 0 Å². The summed E-state index contributed by atoms with van der Waals surface area (Å²) in [5.74, 6) is 1.06. The van der Waals surface area contributed by atoms with E-state index >= 15 is 0 Å². The molecule has 2 aromatic rings. The predicted molar refractivity (Wildman–Crippen MR) is 87.1 cm³/mol. The van der Waals surface area contributed by atoms with Gasteiger partial charge in [0.15, 0.2) is 0 Å². The largest absolute Gasteiger partial charge is 0.493 e. The molecular formula is C19H23NO. The van der Waals surface area contributed by atoms with Gasteiger partial charge in [0.25, 0.3) is 0 Å². The summed E-state index contributed by atoms with van der Waals surface area (Å²) in [5, 5.41) is 3.46. The molecule has 0 spiro atoms. The number of hydrogen-bond acceptors (Lipinski definition) is 2.